The molecule has 1 saturated heterocycles. The smallest absolute Gasteiger partial charge is 0.101 e. The molecule has 0 N–H and O–H groups in total. The number of rotatable bonds is 2. The Labute approximate surface area is 81.0 Å². The molecule has 1 atom stereocenters. The monoisotopic (exact) mass is 187 g/mol. The first-order chi connectivity index (χ1) is 6.07. The Morgan fingerprint density at radius 2 is 2.15 bits per heavy atom. The van der Waals surface area contributed by atoms with Crippen LogP contribution in [0.1, 0.15) is 20.8 Å². The summed E-state index contributed by atoms with van der Waals surface area (Å²) in [5.74, 6) is 0. The van der Waals surface area contributed by atoms with Crippen molar-refractivity contribution in [3.8, 4) is 0 Å². The number of hydrogen-bond acceptors (Lipinski definition) is 3. The maximum absolute atomic E-state index is 5.51. The van der Waals surface area contributed by atoms with Gasteiger partial charge in [-0.2, -0.15) is 0 Å². The van der Waals surface area contributed by atoms with E-state index in [-0.39, 0.29) is 5.60 Å². The number of methoxy groups -OCH3 is 1. The van der Waals surface area contributed by atoms with E-state index >= 15 is 0 Å². The molecule has 0 aromatic heterocycles. The van der Waals surface area contributed by atoms with Gasteiger partial charge in [-0.25, -0.2) is 0 Å². The van der Waals surface area contributed by atoms with Gasteiger partial charge < -0.3 is 9.47 Å². The minimum absolute atomic E-state index is 0.138. The van der Waals surface area contributed by atoms with E-state index in [9.17, 15) is 0 Å². The first-order valence-corrected chi connectivity index (χ1v) is 4.94. The molecule has 1 heterocycles. The molecule has 0 bridgehead atoms. The van der Waals surface area contributed by atoms with Gasteiger partial charge in [0, 0.05) is 26.2 Å². The Kier molecular flexibility index (Phi) is 3.71. The lowest BCUT2D eigenvalue weighted by Crippen LogP contribution is -2.45. The molecule has 0 saturated carbocycles. The molecule has 1 unspecified atom stereocenters. The van der Waals surface area contributed by atoms with Gasteiger partial charge >= 0.3 is 0 Å². The summed E-state index contributed by atoms with van der Waals surface area (Å²) in [4.78, 5) is 2.40. The van der Waals surface area contributed by atoms with Crippen LogP contribution in [-0.2, 0) is 9.47 Å². The minimum Gasteiger partial charge on any atom is -0.377 e. The van der Waals surface area contributed by atoms with Gasteiger partial charge in [-0.05, 0) is 20.8 Å². The molecule has 3 heteroatoms. The lowest BCUT2D eigenvalue weighted by Gasteiger charge is -2.32. The van der Waals surface area contributed by atoms with E-state index in [4.69, 9.17) is 9.47 Å². The third kappa shape index (κ3) is 2.93. The molecule has 78 valence electrons. The number of nitrogens with zero attached hydrogens (tertiary/aromatic N) is 1. The van der Waals surface area contributed by atoms with Gasteiger partial charge in [-0.3, -0.25) is 4.90 Å². The fraction of sp³-hybridized carbons (Fsp3) is 1.00. The van der Waals surface area contributed by atoms with Gasteiger partial charge in [0.05, 0.1) is 13.2 Å². The van der Waals surface area contributed by atoms with Crippen LogP contribution in [0.5, 0.6) is 0 Å². The van der Waals surface area contributed by atoms with E-state index in [0.29, 0.717) is 12.6 Å². The topological polar surface area (TPSA) is 21.7 Å². The highest BCUT2D eigenvalue weighted by Crippen LogP contribution is 2.16. The van der Waals surface area contributed by atoms with Crippen LogP contribution in [0, 0.1) is 0 Å². The molecule has 1 rings (SSSR count). The maximum Gasteiger partial charge on any atom is 0.101 e. The standard InChI is InChI=1S/C10H21NO2/c1-9(2)11-5-6-13-8-10(3,7-11)12-4/h9H,5-8H2,1-4H3. The average molecular weight is 187 g/mol. The molecule has 0 spiro atoms. The van der Waals surface area contributed by atoms with Crippen molar-refractivity contribution in [2.75, 3.05) is 33.4 Å². The Balaban J connectivity index is 2.59. The van der Waals surface area contributed by atoms with Crippen LogP contribution >= 0.6 is 0 Å². The van der Waals surface area contributed by atoms with Crippen LogP contribution in [0.15, 0.2) is 0 Å². The van der Waals surface area contributed by atoms with Crippen LogP contribution < -0.4 is 0 Å². The second kappa shape index (κ2) is 4.40. The quantitative estimate of drug-likeness (QED) is 0.647. The zero-order valence-electron chi connectivity index (χ0n) is 9.17. The Morgan fingerprint density at radius 1 is 1.46 bits per heavy atom. The van der Waals surface area contributed by atoms with E-state index in [0.717, 1.165) is 19.7 Å². The summed E-state index contributed by atoms with van der Waals surface area (Å²) < 4.78 is 11.0. The summed E-state index contributed by atoms with van der Waals surface area (Å²) in [5, 5.41) is 0. The molecule has 1 fully saturated rings. The van der Waals surface area contributed by atoms with Gasteiger partial charge in [0.25, 0.3) is 0 Å². The van der Waals surface area contributed by atoms with Crippen molar-refractivity contribution in [3.05, 3.63) is 0 Å². The van der Waals surface area contributed by atoms with Crippen LogP contribution in [0.4, 0.5) is 0 Å². The molecule has 3 nitrogen and oxygen atoms in total. The van der Waals surface area contributed by atoms with E-state index in [1.54, 1.807) is 7.11 Å². The Hall–Kier alpha value is -0.120. The summed E-state index contributed by atoms with van der Waals surface area (Å²) in [6.07, 6.45) is 0. The van der Waals surface area contributed by atoms with Gasteiger partial charge in [-0.15, -0.1) is 0 Å². The third-order valence-corrected chi connectivity index (χ3v) is 2.69. The maximum atomic E-state index is 5.51. The second-order valence-electron chi connectivity index (χ2n) is 4.27. The lowest BCUT2D eigenvalue weighted by molar-refractivity contribution is -0.0569. The molecular formula is C10H21NO2. The minimum atomic E-state index is -0.138. The highest BCUT2D eigenvalue weighted by atomic mass is 16.5. The van der Waals surface area contributed by atoms with Crippen molar-refractivity contribution >= 4 is 0 Å². The first-order valence-electron chi connectivity index (χ1n) is 4.94. The lowest BCUT2D eigenvalue weighted by atomic mass is 10.1. The van der Waals surface area contributed by atoms with Gasteiger partial charge in [0.2, 0.25) is 0 Å². The van der Waals surface area contributed by atoms with Crippen molar-refractivity contribution in [2.24, 2.45) is 0 Å². The molecule has 1 aliphatic heterocycles. The molecule has 0 aromatic rings. The van der Waals surface area contributed by atoms with Gasteiger partial charge in [0.1, 0.15) is 5.60 Å². The summed E-state index contributed by atoms with van der Waals surface area (Å²) in [7, 11) is 1.76. The normalized spacial score (nSPS) is 32.1. The summed E-state index contributed by atoms with van der Waals surface area (Å²) in [6, 6.07) is 0.566. The SMILES string of the molecule is COC1(C)COCCN(C(C)C)C1. The largest absolute Gasteiger partial charge is 0.377 e. The van der Waals surface area contributed by atoms with Crippen LogP contribution in [0.25, 0.3) is 0 Å². The Morgan fingerprint density at radius 3 is 2.69 bits per heavy atom. The highest BCUT2D eigenvalue weighted by Gasteiger charge is 2.30. The Bertz CT molecular complexity index is 161. The fourth-order valence-corrected chi connectivity index (χ4v) is 1.59. The summed E-state index contributed by atoms with van der Waals surface area (Å²) in [5.41, 5.74) is -0.138. The molecule has 1 aliphatic rings. The van der Waals surface area contributed by atoms with E-state index in [1.165, 1.54) is 0 Å². The molecule has 0 radical (unpaired) electrons. The van der Waals surface area contributed by atoms with E-state index in [2.05, 4.69) is 25.7 Å². The number of hydrogen-bond donors (Lipinski definition) is 0. The highest BCUT2D eigenvalue weighted by molar-refractivity contribution is 4.83. The zero-order valence-corrected chi connectivity index (χ0v) is 9.17. The molecule has 0 amide bonds. The van der Waals surface area contributed by atoms with Gasteiger partial charge in [0.15, 0.2) is 0 Å². The van der Waals surface area contributed by atoms with Crippen molar-refractivity contribution < 1.29 is 9.47 Å². The first kappa shape index (κ1) is 11.0. The fourth-order valence-electron chi connectivity index (χ4n) is 1.59. The third-order valence-electron chi connectivity index (χ3n) is 2.69. The summed E-state index contributed by atoms with van der Waals surface area (Å²) in [6.45, 7) is 10.0. The predicted molar refractivity (Wildman–Crippen MR) is 52.9 cm³/mol. The van der Waals surface area contributed by atoms with E-state index < -0.39 is 0 Å². The average Bonchev–Trinajstić information content (AvgIpc) is 2.28. The van der Waals surface area contributed by atoms with Crippen LogP contribution in [0.2, 0.25) is 0 Å². The molecule has 0 aliphatic carbocycles. The van der Waals surface area contributed by atoms with Crippen molar-refractivity contribution in [2.45, 2.75) is 32.4 Å². The van der Waals surface area contributed by atoms with Crippen LogP contribution in [-0.4, -0.2) is 50.0 Å². The van der Waals surface area contributed by atoms with Crippen molar-refractivity contribution in [1.82, 2.24) is 4.90 Å². The molecular weight excluding hydrogens is 166 g/mol. The van der Waals surface area contributed by atoms with Crippen LogP contribution in [0.3, 0.4) is 0 Å². The molecule has 13 heavy (non-hydrogen) atoms. The molecule has 0 aromatic carbocycles. The van der Waals surface area contributed by atoms with E-state index in [1.807, 2.05) is 0 Å². The summed E-state index contributed by atoms with van der Waals surface area (Å²) >= 11 is 0. The van der Waals surface area contributed by atoms with Crippen molar-refractivity contribution in [1.29, 1.82) is 0 Å². The van der Waals surface area contributed by atoms with Crippen molar-refractivity contribution in [3.63, 3.8) is 0 Å². The zero-order chi connectivity index (χ0) is 9.90. The second-order valence-corrected chi connectivity index (χ2v) is 4.27. The predicted octanol–water partition coefficient (Wildman–Crippen LogP) is 1.13. The number of ether oxygens (including phenoxy) is 2. The van der Waals surface area contributed by atoms with Gasteiger partial charge in [-0.1, -0.05) is 0 Å².